The van der Waals surface area contributed by atoms with E-state index in [-0.39, 0.29) is 5.91 Å². The van der Waals surface area contributed by atoms with Gasteiger partial charge < -0.3 is 4.90 Å². The Hall–Kier alpha value is -1.41. The number of aryl methyl sites for hydroxylation is 1. The third-order valence-corrected chi connectivity index (χ3v) is 5.27. The highest BCUT2D eigenvalue weighted by Crippen LogP contribution is 2.27. The largest absolute Gasteiger partial charge is 0.369 e. The molecule has 2 aromatic rings. The van der Waals surface area contributed by atoms with E-state index < -0.39 is 0 Å². The quantitative estimate of drug-likeness (QED) is 0.876. The van der Waals surface area contributed by atoms with Gasteiger partial charge in [-0.2, -0.15) is 0 Å². The van der Waals surface area contributed by atoms with Crippen LogP contribution in [0.3, 0.4) is 0 Å². The van der Waals surface area contributed by atoms with E-state index >= 15 is 0 Å². The molecule has 0 spiro atoms. The Bertz CT molecular complexity index is 730. The van der Waals surface area contributed by atoms with Gasteiger partial charge in [0.2, 0.25) is 11.0 Å². The SMILES string of the molecule is Cc1nnc(NC(=O)CN2CCN(c3ccc(Cl)c(Cl)c3)CC2)s1. The van der Waals surface area contributed by atoms with Crippen molar-refractivity contribution in [2.75, 3.05) is 42.9 Å². The number of carbonyl (C=O) groups excluding carboxylic acids is 1. The minimum atomic E-state index is -0.0610. The molecule has 0 radical (unpaired) electrons. The number of benzene rings is 1. The zero-order valence-corrected chi connectivity index (χ0v) is 15.5. The number of hydrogen-bond donors (Lipinski definition) is 1. The number of anilines is 2. The maximum atomic E-state index is 12.1. The number of rotatable bonds is 4. The molecule has 128 valence electrons. The summed E-state index contributed by atoms with van der Waals surface area (Å²) in [7, 11) is 0. The first-order chi connectivity index (χ1) is 11.5. The Morgan fingerprint density at radius 2 is 1.96 bits per heavy atom. The first-order valence-electron chi connectivity index (χ1n) is 7.53. The average Bonchev–Trinajstić information content (AvgIpc) is 2.95. The van der Waals surface area contributed by atoms with Crippen LogP contribution in [-0.2, 0) is 4.79 Å². The van der Waals surface area contributed by atoms with E-state index in [2.05, 4.69) is 25.3 Å². The number of halogens is 2. The normalized spacial score (nSPS) is 15.5. The highest BCUT2D eigenvalue weighted by atomic mass is 35.5. The van der Waals surface area contributed by atoms with Crippen molar-refractivity contribution >= 4 is 51.3 Å². The number of nitrogens with one attached hydrogen (secondary N) is 1. The van der Waals surface area contributed by atoms with Gasteiger partial charge in [0, 0.05) is 31.9 Å². The lowest BCUT2D eigenvalue weighted by Gasteiger charge is -2.35. The summed E-state index contributed by atoms with van der Waals surface area (Å²) in [5.41, 5.74) is 1.05. The summed E-state index contributed by atoms with van der Waals surface area (Å²) in [5.74, 6) is -0.0610. The van der Waals surface area contributed by atoms with Crippen molar-refractivity contribution < 1.29 is 4.79 Å². The lowest BCUT2D eigenvalue weighted by Crippen LogP contribution is -2.48. The number of amides is 1. The second-order valence-electron chi connectivity index (χ2n) is 5.54. The summed E-state index contributed by atoms with van der Waals surface area (Å²) in [5, 5.41) is 13.1. The molecule has 0 bridgehead atoms. The van der Waals surface area contributed by atoms with Gasteiger partial charge in [-0.3, -0.25) is 15.0 Å². The molecule has 1 amide bonds. The molecular weight excluding hydrogens is 369 g/mol. The minimum Gasteiger partial charge on any atom is -0.369 e. The molecule has 1 aliphatic rings. The Morgan fingerprint density at radius 1 is 1.21 bits per heavy atom. The number of nitrogens with zero attached hydrogens (tertiary/aromatic N) is 4. The van der Waals surface area contributed by atoms with Crippen LogP contribution in [-0.4, -0.2) is 53.7 Å². The second-order valence-corrected chi connectivity index (χ2v) is 7.53. The van der Waals surface area contributed by atoms with E-state index in [4.69, 9.17) is 23.2 Å². The standard InChI is InChI=1S/C15H17Cl2N5OS/c1-10-19-20-15(24-10)18-14(23)9-21-4-6-22(7-5-21)11-2-3-12(16)13(17)8-11/h2-3,8H,4-7,9H2,1H3,(H,18,20,23). The van der Waals surface area contributed by atoms with Gasteiger partial charge in [0.25, 0.3) is 0 Å². The third-order valence-electron chi connectivity index (χ3n) is 3.78. The van der Waals surface area contributed by atoms with Gasteiger partial charge in [0.15, 0.2) is 0 Å². The van der Waals surface area contributed by atoms with Crippen molar-refractivity contribution in [1.82, 2.24) is 15.1 Å². The Kier molecular flexibility index (Phi) is 5.55. The lowest BCUT2D eigenvalue weighted by atomic mass is 10.2. The monoisotopic (exact) mass is 385 g/mol. The fourth-order valence-corrected chi connectivity index (χ4v) is 3.46. The highest BCUT2D eigenvalue weighted by Gasteiger charge is 2.20. The molecule has 1 aliphatic heterocycles. The molecule has 0 unspecified atom stereocenters. The molecule has 3 rings (SSSR count). The fourth-order valence-electron chi connectivity index (χ4n) is 2.55. The average molecular weight is 386 g/mol. The summed E-state index contributed by atoms with van der Waals surface area (Å²) in [6, 6.07) is 5.65. The van der Waals surface area contributed by atoms with Crippen molar-refractivity contribution in [3.63, 3.8) is 0 Å². The van der Waals surface area contributed by atoms with Crippen molar-refractivity contribution in [2.45, 2.75) is 6.92 Å². The molecule has 1 N–H and O–H groups in total. The van der Waals surface area contributed by atoms with Crippen LogP contribution in [0.4, 0.5) is 10.8 Å². The summed E-state index contributed by atoms with van der Waals surface area (Å²) < 4.78 is 0. The van der Waals surface area contributed by atoms with Gasteiger partial charge in [-0.1, -0.05) is 34.5 Å². The van der Waals surface area contributed by atoms with Crippen LogP contribution >= 0.6 is 34.5 Å². The number of hydrogen-bond acceptors (Lipinski definition) is 6. The van der Waals surface area contributed by atoms with E-state index in [1.54, 1.807) is 0 Å². The van der Waals surface area contributed by atoms with E-state index in [0.717, 1.165) is 36.9 Å². The highest BCUT2D eigenvalue weighted by molar-refractivity contribution is 7.15. The lowest BCUT2D eigenvalue weighted by molar-refractivity contribution is -0.117. The van der Waals surface area contributed by atoms with E-state index in [1.807, 2.05) is 25.1 Å². The van der Waals surface area contributed by atoms with Gasteiger partial charge in [-0.15, -0.1) is 10.2 Å². The molecule has 0 atom stereocenters. The van der Waals surface area contributed by atoms with Crippen LogP contribution in [0.25, 0.3) is 0 Å². The molecule has 0 aliphatic carbocycles. The van der Waals surface area contributed by atoms with Gasteiger partial charge in [-0.25, -0.2) is 0 Å². The molecule has 1 saturated heterocycles. The van der Waals surface area contributed by atoms with Crippen LogP contribution in [0.2, 0.25) is 10.0 Å². The first-order valence-corrected chi connectivity index (χ1v) is 9.11. The van der Waals surface area contributed by atoms with Crippen LogP contribution < -0.4 is 10.2 Å². The van der Waals surface area contributed by atoms with Crippen LogP contribution in [0, 0.1) is 6.92 Å². The van der Waals surface area contributed by atoms with Gasteiger partial charge in [-0.05, 0) is 25.1 Å². The summed E-state index contributed by atoms with van der Waals surface area (Å²) in [6.45, 7) is 5.50. The van der Waals surface area contributed by atoms with Gasteiger partial charge in [0.05, 0.1) is 16.6 Å². The van der Waals surface area contributed by atoms with E-state index in [1.165, 1.54) is 11.3 Å². The Labute approximate surface area is 154 Å². The second kappa shape index (κ2) is 7.65. The zero-order valence-electron chi connectivity index (χ0n) is 13.1. The molecule has 1 aromatic heterocycles. The van der Waals surface area contributed by atoms with Crippen LogP contribution in [0.15, 0.2) is 18.2 Å². The Balaban J connectivity index is 1.49. The topological polar surface area (TPSA) is 61.4 Å². The zero-order chi connectivity index (χ0) is 17.1. The summed E-state index contributed by atoms with van der Waals surface area (Å²) >= 11 is 13.4. The Morgan fingerprint density at radius 3 is 2.58 bits per heavy atom. The molecule has 1 aromatic carbocycles. The van der Waals surface area contributed by atoms with Crippen LogP contribution in [0.1, 0.15) is 5.01 Å². The molecule has 2 heterocycles. The van der Waals surface area contributed by atoms with Crippen molar-refractivity contribution in [3.05, 3.63) is 33.3 Å². The third kappa shape index (κ3) is 4.36. The molecular formula is C15H17Cl2N5OS. The van der Waals surface area contributed by atoms with Crippen LogP contribution in [0.5, 0.6) is 0 Å². The van der Waals surface area contributed by atoms with Crippen molar-refractivity contribution in [3.8, 4) is 0 Å². The molecule has 0 saturated carbocycles. The predicted molar refractivity (Wildman–Crippen MR) is 98.4 cm³/mol. The van der Waals surface area contributed by atoms with E-state index in [9.17, 15) is 4.79 Å². The van der Waals surface area contributed by atoms with E-state index in [0.29, 0.717) is 21.7 Å². The van der Waals surface area contributed by atoms with Gasteiger partial charge >= 0.3 is 0 Å². The molecule has 1 fully saturated rings. The number of aromatic nitrogens is 2. The molecule has 24 heavy (non-hydrogen) atoms. The summed E-state index contributed by atoms with van der Waals surface area (Å²) in [4.78, 5) is 16.4. The summed E-state index contributed by atoms with van der Waals surface area (Å²) in [6.07, 6.45) is 0. The molecule has 9 heteroatoms. The number of carbonyl (C=O) groups is 1. The minimum absolute atomic E-state index is 0.0610. The smallest absolute Gasteiger partial charge is 0.240 e. The maximum absolute atomic E-state index is 12.1. The van der Waals surface area contributed by atoms with Gasteiger partial charge in [0.1, 0.15) is 5.01 Å². The number of piperazine rings is 1. The van der Waals surface area contributed by atoms with Crippen molar-refractivity contribution in [1.29, 1.82) is 0 Å². The predicted octanol–water partition coefficient (Wildman–Crippen LogP) is 2.91. The molecule has 6 nitrogen and oxygen atoms in total. The van der Waals surface area contributed by atoms with Crippen molar-refractivity contribution in [2.24, 2.45) is 0 Å². The first kappa shape index (κ1) is 17.4. The fraction of sp³-hybridized carbons (Fsp3) is 0.400. The maximum Gasteiger partial charge on any atom is 0.240 e.